The summed E-state index contributed by atoms with van der Waals surface area (Å²) < 4.78 is 16.6. The van der Waals surface area contributed by atoms with E-state index in [-0.39, 0.29) is 31.6 Å². The molecule has 0 aliphatic rings. The number of ether oxygens (including phenoxy) is 3. The maximum absolute atomic E-state index is 12.7. The molecule has 348 valence electrons. The Kier molecular flexibility index (Phi) is 45.8. The van der Waals surface area contributed by atoms with Gasteiger partial charge >= 0.3 is 17.9 Å². The van der Waals surface area contributed by atoms with Crippen molar-refractivity contribution in [2.75, 3.05) is 13.2 Å². The summed E-state index contributed by atoms with van der Waals surface area (Å²) in [6.45, 7) is 6.09. The number of carbonyl (C=O) groups is 3. The number of unbranched alkanes of at least 4 members (excludes halogenated alkanes) is 9. The number of hydrogen-bond acceptors (Lipinski definition) is 6. The Labute approximate surface area is 384 Å². The minimum atomic E-state index is -0.844. The number of rotatable bonds is 40. The molecule has 6 heteroatoms. The maximum atomic E-state index is 12.7. The van der Waals surface area contributed by atoms with Crippen molar-refractivity contribution >= 4 is 17.9 Å². The lowest BCUT2D eigenvalue weighted by Gasteiger charge is -2.18. The molecule has 0 spiro atoms. The number of hydrogen-bond donors (Lipinski definition) is 0. The Morgan fingerprint density at radius 1 is 0.333 bits per heavy atom. The highest BCUT2D eigenvalue weighted by molar-refractivity contribution is 5.71. The Balaban J connectivity index is 4.60. The summed E-state index contributed by atoms with van der Waals surface area (Å²) >= 11 is 0. The van der Waals surface area contributed by atoms with E-state index < -0.39 is 12.1 Å². The van der Waals surface area contributed by atoms with Crippen LogP contribution in [-0.4, -0.2) is 37.2 Å². The van der Waals surface area contributed by atoms with Crippen LogP contribution in [0.5, 0.6) is 0 Å². The molecule has 0 saturated heterocycles. The second-order valence-electron chi connectivity index (χ2n) is 15.1. The first-order chi connectivity index (χ1) is 31.0. The quantitative estimate of drug-likeness (QED) is 0.0201. The van der Waals surface area contributed by atoms with Crippen molar-refractivity contribution in [2.24, 2.45) is 0 Å². The Hall–Kier alpha value is -4.97. The average molecular weight is 865 g/mol. The van der Waals surface area contributed by atoms with Crippen LogP contribution in [0.1, 0.15) is 162 Å². The first-order valence-corrected chi connectivity index (χ1v) is 24.1. The van der Waals surface area contributed by atoms with E-state index in [0.717, 1.165) is 109 Å². The monoisotopic (exact) mass is 865 g/mol. The largest absolute Gasteiger partial charge is 0.462 e. The Morgan fingerprint density at radius 3 is 1.14 bits per heavy atom. The summed E-state index contributed by atoms with van der Waals surface area (Å²) in [5, 5.41) is 0. The lowest BCUT2D eigenvalue weighted by Crippen LogP contribution is -2.30. The molecule has 0 aliphatic carbocycles. The average Bonchev–Trinajstić information content (AvgIpc) is 3.28. The topological polar surface area (TPSA) is 78.9 Å². The van der Waals surface area contributed by atoms with Gasteiger partial charge in [-0.1, -0.05) is 204 Å². The number of carbonyl (C=O) groups excluding carboxylic acids is 3. The smallest absolute Gasteiger partial charge is 0.306 e. The van der Waals surface area contributed by atoms with E-state index in [9.17, 15) is 14.4 Å². The SMILES string of the molecule is CC/C=C/C=C/C=C/C=C/C=C/CCCC(=O)OC(COC(=O)CCCCC/C=C/C/C=C/C/C=C/C/C=C/C/C=C/CC)COC(=O)CCCCCCC/C=C/C=C/C=C/CC. The normalized spacial score (nSPS) is 13.5. The van der Waals surface area contributed by atoms with E-state index in [2.05, 4.69) is 118 Å². The van der Waals surface area contributed by atoms with Gasteiger partial charge in [-0.15, -0.1) is 0 Å². The highest BCUT2D eigenvalue weighted by Crippen LogP contribution is 2.11. The van der Waals surface area contributed by atoms with Gasteiger partial charge in [0, 0.05) is 19.3 Å². The van der Waals surface area contributed by atoms with Crippen LogP contribution >= 0.6 is 0 Å². The van der Waals surface area contributed by atoms with Gasteiger partial charge in [-0.25, -0.2) is 0 Å². The van der Waals surface area contributed by atoms with Crippen molar-refractivity contribution in [1.82, 2.24) is 0 Å². The lowest BCUT2D eigenvalue weighted by molar-refractivity contribution is -0.167. The highest BCUT2D eigenvalue weighted by atomic mass is 16.6. The molecule has 0 rings (SSSR count). The minimum absolute atomic E-state index is 0.136. The summed E-state index contributed by atoms with van der Waals surface area (Å²) in [4.78, 5) is 37.9. The van der Waals surface area contributed by atoms with E-state index in [0.29, 0.717) is 25.7 Å². The Morgan fingerprint density at radius 2 is 0.667 bits per heavy atom. The van der Waals surface area contributed by atoms with Crippen LogP contribution in [0.15, 0.2) is 158 Å². The lowest BCUT2D eigenvalue weighted by atomic mass is 10.1. The van der Waals surface area contributed by atoms with Crippen LogP contribution < -0.4 is 0 Å². The second kappa shape index (κ2) is 49.7. The van der Waals surface area contributed by atoms with E-state index in [1.165, 1.54) is 0 Å². The third kappa shape index (κ3) is 47.9. The standard InChI is InChI=1S/C57H84O6/c1-4-7-10-13-16-19-22-25-26-27-28-29-30-33-35-38-41-44-47-50-56(59)62-53-54(63-57(60)51-48-45-42-39-36-32-24-21-18-15-12-9-6-3)52-61-55(58)49-46-43-40-37-34-31-23-20-17-14-11-8-5-2/h7-12,14-21,23-26,28-29,32-33,35-36,39,42,54H,4-6,13,22,27,30-31,34,37-38,40-41,43-53H2,1-3H3/b10-7+,11-8+,12-9+,17-14+,18-15+,19-16+,23-20+,24-21+,26-25+,29-28+,35-33+,36-32+,42-39+. The van der Waals surface area contributed by atoms with Gasteiger partial charge in [0.2, 0.25) is 0 Å². The zero-order valence-electron chi connectivity index (χ0n) is 39.5. The molecule has 0 heterocycles. The molecular formula is C57H84O6. The molecule has 1 unspecified atom stereocenters. The van der Waals surface area contributed by atoms with Crippen LogP contribution in [0.2, 0.25) is 0 Å². The zero-order valence-corrected chi connectivity index (χ0v) is 39.5. The summed E-state index contributed by atoms with van der Waals surface area (Å²) in [7, 11) is 0. The minimum Gasteiger partial charge on any atom is -0.462 e. The van der Waals surface area contributed by atoms with Crippen molar-refractivity contribution in [2.45, 2.75) is 168 Å². The zero-order chi connectivity index (χ0) is 45.8. The van der Waals surface area contributed by atoms with Crippen LogP contribution in [0.3, 0.4) is 0 Å². The molecule has 0 aliphatic heterocycles. The van der Waals surface area contributed by atoms with Gasteiger partial charge in [0.05, 0.1) is 0 Å². The van der Waals surface area contributed by atoms with Gasteiger partial charge in [-0.3, -0.25) is 14.4 Å². The van der Waals surface area contributed by atoms with E-state index in [1.807, 2.05) is 60.8 Å². The molecule has 63 heavy (non-hydrogen) atoms. The van der Waals surface area contributed by atoms with Crippen LogP contribution in [-0.2, 0) is 28.6 Å². The van der Waals surface area contributed by atoms with Gasteiger partial charge in [-0.2, -0.15) is 0 Å². The molecule has 1 atom stereocenters. The molecule has 0 amide bonds. The fourth-order valence-corrected chi connectivity index (χ4v) is 5.67. The Bertz CT molecular complexity index is 1510. The first-order valence-electron chi connectivity index (χ1n) is 24.1. The van der Waals surface area contributed by atoms with E-state index in [1.54, 1.807) is 0 Å². The van der Waals surface area contributed by atoms with Gasteiger partial charge in [0.15, 0.2) is 6.10 Å². The van der Waals surface area contributed by atoms with Crippen molar-refractivity contribution < 1.29 is 28.6 Å². The van der Waals surface area contributed by atoms with Gasteiger partial charge in [0.25, 0.3) is 0 Å². The molecule has 0 fully saturated rings. The summed E-state index contributed by atoms with van der Waals surface area (Å²) in [6.07, 6.45) is 72.3. The second-order valence-corrected chi connectivity index (χ2v) is 15.1. The summed E-state index contributed by atoms with van der Waals surface area (Å²) in [6, 6.07) is 0. The third-order valence-electron chi connectivity index (χ3n) is 9.20. The third-order valence-corrected chi connectivity index (χ3v) is 9.20. The van der Waals surface area contributed by atoms with E-state index in [4.69, 9.17) is 14.2 Å². The summed E-state index contributed by atoms with van der Waals surface area (Å²) in [5.74, 6) is -1.08. The van der Waals surface area contributed by atoms with Gasteiger partial charge < -0.3 is 14.2 Å². The van der Waals surface area contributed by atoms with Gasteiger partial charge in [0.1, 0.15) is 13.2 Å². The fourth-order valence-electron chi connectivity index (χ4n) is 5.67. The molecule has 0 aromatic rings. The number of allylic oxidation sites excluding steroid dienone is 26. The van der Waals surface area contributed by atoms with Crippen LogP contribution in [0, 0.1) is 0 Å². The fraction of sp³-hybridized carbons (Fsp3) is 0.491. The van der Waals surface area contributed by atoms with Crippen molar-refractivity contribution in [3.8, 4) is 0 Å². The molecule has 0 bridgehead atoms. The molecule has 0 saturated carbocycles. The molecule has 0 aromatic carbocycles. The number of esters is 3. The van der Waals surface area contributed by atoms with Gasteiger partial charge in [-0.05, 0) is 96.3 Å². The van der Waals surface area contributed by atoms with E-state index >= 15 is 0 Å². The van der Waals surface area contributed by atoms with Crippen molar-refractivity contribution in [1.29, 1.82) is 0 Å². The predicted octanol–water partition coefficient (Wildman–Crippen LogP) is 15.9. The van der Waals surface area contributed by atoms with Crippen LogP contribution in [0.25, 0.3) is 0 Å². The molecule has 0 radical (unpaired) electrons. The van der Waals surface area contributed by atoms with Crippen LogP contribution in [0.4, 0.5) is 0 Å². The maximum Gasteiger partial charge on any atom is 0.306 e. The predicted molar refractivity (Wildman–Crippen MR) is 269 cm³/mol. The molecule has 0 N–H and O–H groups in total. The highest BCUT2D eigenvalue weighted by Gasteiger charge is 2.19. The molecule has 6 nitrogen and oxygen atoms in total. The molecular weight excluding hydrogens is 781 g/mol. The van der Waals surface area contributed by atoms with Crippen molar-refractivity contribution in [3.63, 3.8) is 0 Å². The molecule has 0 aromatic heterocycles. The van der Waals surface area contributed by atoms with Crippen molar-refractivity contribution in [3.05, 3.63) is 158 Å². The first kappa shape index (κ1) is 58.0. The summed E-state index contributed by atoms with van der Waals surface area (Å²) in [5.41, 5.74) is 0.